The maximum Gasteiger partial charge on any atom is 0.0601 e. The van der Waals surface area contributed by atoms with Crippen molar-refractivity contribution in [3.63, 3.8) is 0 Å². The minimum atomic E-state index is 0.511. The van der Waals surface area contributed by atoms with Gasteiger partial charge in [0.1, 0.15) is 0 Å². The number of rotatable bonds is 7. The second-order valence-corrected chi connectivity index (χ2v) is 5.15. The Bertz CT molecular complexity index is 198. The first-order chi connectivity index (χ1) is 7.28. The lowest BCUT2D eigenvalue weighted by molar-refractivity contribution is 0.0156. The molecule has 0 aromatic rings. The third kappa shape index (κ3) is 2.92. The van der Waals surface area contributed by atoms with Crippen LogP contribution in [0.15, 0.2) is 0 Å². The van der Waals surface area contributed by atoms with E-state index in [1.54, 1.807) is 7.11 Å². The van der Waals surface area contributed by atoms with E-state index in [1.165, 1.54) is 38.6 Å². The standard InChI is InChI=1S/C12H23NO2/c1-14-6-5-12(3-4-12)9-13-10-7-11(8-10)15-2/h10-11,13H,3-9H2,1-2H3. The number of ether oxygens (including phenoxy) is 2. The lowest BCUT2D eigenvalue weighted by atomic mass is 9.88. The van der Waals surface area contributed by atoms with Crippen molar-refractivity contribution in [2.24, 2.45) is 5.41 Å². The van der Waals surface area contributed by atoms with Gasteiger partial charge in [0.2, 0.25) is 0 Å². The van der Waals surface area contributed by atoms with Gasteiger partial charge in [0.15, 0.2) is 0 Å². The van der Waals surface area contributed by atoms with Crippen molar-refractivity contribution in [1.82, 2.24) is 5.32 Å². The van der Waals surface area contributed by atoms with Crippen molar-refractivity contribution in [3.8, 4) is 0 Å². The zero-order valence-corrected chi connectivity index (χ0v) is 9.92. The highest BCUT2D eigenvalue weighted by Crippen LogP contribution is 2.48. The summed E-state index contributed by atoms with van der Waals surface area (Å²) in [7, 11) is 3.60. The van der Waals surface area contributed by atoms with Crippen LogP contribution < -0.4 is 5.32 Å². The largest absolute Gasteiger partial charge is 0.385 e. The van der Waals surface area contributed by atoms with Gasteiger partial charge in [0.05, 0.1) is 6.10 Å². The second kappa shape index (κ2) is 4.81. The predicted molar refractivity (Wildman–Crippen MR) is 60.0 cm³/mol. The van der Waals surface area contributed by atoms with Gasteiger partial charge in [-0.3, -0.25) is 0 Å². The topological polar surface area (TPSA) is 30.5 Å². The van der Waals surface area contributed by atoms with E-state index in [0.29, 0.717) is 17.6 Å². The molecule has 2 rings (SSSR count). The maximum atomic E-state index is 5.27. The van der Waals surface area contributed by atoms with Crippen LogP contribution in [0.1, 0.15) is 32.1 Å². The Hall–Kier alpha value is -0.120. The summed E-state index contributed by atoms with van der Waals surface area (Å²) < 4.78 is 10.4. The molecule has 0 spiro atoms. The molecule has 0 aromatic heterocycles. The average Bonchev–Trinajstić information content (AvgIpc) is 2.94. The van der Waals surface area contributed by atoms with Gasteiger partial charge in [0, 0.05) is 33.4 Å². The van der Waals surface area contributed by atoms with Gasteiger partial charge in [-0.2, -0.15) is 0 Å². The summed E-state index contributed by atoms with van der Waals surface area (Å²) in [6.45, 7) is 2.09. The average molecular weight is 213 g/mol. The normalized spacial score (nSPS) is 32.4. The fourth-order valence-electron chi connectivity index (χ4n) is 2.30. The number of nitrogens with one attached hydrogen (secondary N) is 1. The van der Waals surface area contributed by atoms with Crippen LogP contribution in [0.25, 0.3) is 0 Å². The van der Waals surface area contributed by atoms with E-state index in [9.17, 15) is 0 Å². The van der Waals surface area contributed by atoms with E-state index in [4.69, 9.17) is 9.47 Å². The summed E-state index contributed by atoms with van der Waals surface area (Å²) in [6, 6.07) is 0.704. The van der Waals surface area contributed by atoms with Crippen LogP contribution in [-0.2, 0) is 9.47 Å². The molecule has 0 atom stereocenters. The van der Waals surface area contributed by atoms with E-state index in [-0.39, 0.29) is 0 Å². The first kappa shape index (κ1) is 11.4. The smallest absolute Gasteiger partial charge is 0.0601 e. The third-order valence-corrected chi connectivity index (χ3v) is 3.99. The fraction of sp³-hybridized carbons (Fsp3) is 1.00. The number of hydrogen-bond donors (Lipinski definition) is 1. The molecular formula is C12H23NO2. The van der Waals surface area contributed by atoms with Crippen LogP contribution in [0.5, 0.6) is 0 Å². The Balaban J connectivity index is 1.58. The summed E-state index contributed by atoms with van der Waals surface area (Å²) in [5.41, 5.74) is 0.578. The first-order valence-electron chi connectivity index (χ1n) is 6.03. The summed E-state index contributed by atoms with van der Waals surface area (Å²) in [5.74, 6) is 0. The highest BCUT2D eigenvalue weighted by Gasteiger charge is 2.42. The van der Waals surface area contributed by atoms with Gasteiger partial charge in [-0.1, -0.05) is 0 Å². The molecule has 3 heteroatoms. The molecular weight excluding hydrogens is 190 g/mol. The lowest BCUT2D eigenvalue weighted by Gasteiger charge is -2.35. The van der Waals surface area contributed by atoms with Gasteiger partial charge < -0.3 is 14.8 Å². The summed E-state index contributed by atoms with van der Waals surface area (Å²) >= 11 is 0. The molecule has 0 saturated heterocycles. The van der Waals surface area contributed by atoms with Gasteiger partial charge in [-0.05, 0) is 37.5 Å². The zero-order chi connectivity index (χ0) is 10.7. The minimum absolute atomic E-state index is 0.511. The Labute approximate surface area is 92.5 Å². The van der Waals surface area contributed by atoms with Crippen molar-refractivity contribution >= 4 is 0 Å². The molecule has 2 saturated carbocycles. The zero-order valence-electron chi connectivity index (χ0n) is 9.92. The van der Waals surface area contributed by atoms with Crippen LogP contribution >= 0.6 is 0 Å². The van der Waals surface area contributed by atoms with Crippen LogP contribution in [0, 0.1) is 5.41 Å². The van der Waals surface area contributed by atoms with E-state index in [1.807, 2.05) is 7.11 Å². The third-order valence-electron chi connectivity index (χ3n) is 3.99. The van der Waals surface area contributed by atoms with E-state index in [2.05, 4.69) is 5.32 Å². The van der Waals surface area contributed by atoms with Crippen molar-refractivity contribution in [3.05, 3.63) is 0 Å². The van der Waals surface area contributed by atoms with E-state index in [0.717, 1.165) is 6.61 Å². The van der Waals surface area contributed by atoms with Crippen molar-refractivity contribution < 1.29 is 9.47 Å². The predicted octanol–water partition coefficient (Wildman–Crippen LogP) is 1.57. The highest BCUT2D eigenvalue weighted by molar-refractivity contribution is 4.97. The molecule has 0 bridgehead atoms. The molecule has 0 radical (unpaired) electrons. The maximum absolute atomic E-state index is 5.27. The molecule has 15 heavy (non-hydrogen) atoms. The second-order valence-electron chi connectivity index (χ2n) is 5.15. The first-order valence-corrected chi connectivity index (χ1v) is 6.03. The van der Waals surface area contributed by atoms with Crippen LogP contribution in [0.2, 0.25) is 0 Å². The molecule has 3 nitrogen and oxygen atoms in total. The van der Waals surface area contributed by atoms with Gasteiger partial charge in [-0.15, -0.1) is 0 Å². The Morgan fingerprint density at radius 2 is 2.00 bits per heavy atom. The van der Waals surface area contributed by atoms with E-state index < -0.39 is 0 Å². The quantitative estimate of drug-likeness (QED) is 0.696. The van der Waals surface area contributed by atoms with Crippen molar-refractivity contribution in [2.45, 2.75) is 44.2 Å². The van der Waals surface area contributed by atoms with Gasteiger partial charge >= 0.3 is 0 Å². The molecule has 88 valence electrons. The fourth-order valence-corrected chi connectivity index (χ4v) is 2.30. The summed E-state index contributed by atoms with van der Waals surface area (Å²) in [4.78, 5) is 0. The molecule has 0 amide bonds. The molecule has 0 aliphatic heterocycles. The van der Waals surface area contributed by atoms with E-state index >= 15 is 0 Å². The number of hydrogen-bond acceptors (Lipinski definition) is 3. The summed E-state index contributed by atoms with van der Waals surface area (Å²) in [6.07, 6.45) is 6.87. The minimum Gasteiger partial charge on any atom is -0.385 e. The van der Waals surface area contributed by atoms with Crippen molar-refractivity contribution in [2.75, 3.05) is 27.4 Å². The molecule has 0 unspecified atom stereocenters. The number of methoxy groups -OCH3 is 2. The Morgan fingerprint density at radius 3 is 2.53 bits per heavy atom. The molecule has 2 aliphatic rings. The Kier molecular flexibility index (Phi) is 3.65. The SMILES string of the molecule is COCCC1(CNC2CC(OC)C2)CC1. The van der Waals surface area contributed by atoms with Crippen LogP contribution in [0.3, 0.4) is 0 Å². The van der Waals surface area contributed by atoms with Crippen LogP contribution in [-0.4, -0.2) is 39.5 Å². The molecule has 1 N–H and O–H groups in total. The highest BCUT2D eigenvalue weighted by atomic mass is 16.5. The van der Waals surface area contributed by atoms with Crippen LogP contribution in [0.4, 0.5) is 0 Å². The molecule has 2 aliphatic carbocycles. The molecule has 2 fully saturated rings. The van der Waals surface area contributed by atoms with Gasteiger partial charge in [0.25, 0.3) is 0 Å². The summed E-state index contributed by atoms with van der Waals surface area (Å²) in [5, 5.41) is 3.66. The Morgan fingerprint density at radius 1 is 1.27 bits per heavy atom. The monoisotopic (exact) mass is 213 g/mol. The van der Waals surface area contributed by atoms with Crippen molar-refractivity contribution in [1.29, 1.82) is 0 Å². The molecule has 0 aromatic carbocycles. The molecule has 0 heterocycles. The van der Waals surface area contributed by atoms with Gasteiger partial charge in [-0.25, -0.2) is 0 Å². The lowest BCUT2D eigenvalue weighted by Crippen LogP contribution is -2.46.